The van der Waals surface area contributed by atoms with E-state index in [1.807, 2.05) is 33.8 Å². The molecule has 0 radical (unpaired) electrons. The summed E-state index contributed by atoms with van der Waals surface area (Å²) in [7, 11) is 0. The van der Waals surface area contributed by atoms with Crippen LogP contribution in [-0.4, -0.2) is 25.5 Å². The van der Waals surface area contributed by atoms with Crippen LogP contribution in [0.5, 0.6) is 11.5 Å². The Hall–Kier alpha value is -1.10. The highest BCUT2D eigenvalue weighted by atomic mass is 35.5. The molecule has 0 fully saturated rings. The fourth-order valence-electron chi connectivity index (χ4n) is 1.98. The average Bonchev–Trinajstić information content (AvgIpc) is 2.50. The summed E-state index contributed by atoms with van der Waals surface area (Å²) in [6.07, 6.45) is 2.27. The van der Waals surface area contributed by atoms with Crippen molar-refractivity contribution < 1.29 is 14.3 Å². The molecule has 0 bridgehead atoms. The molecule has 0 amide bonds. The lowest BCUT2D eigenvalue weighted by atomic mass is 10.1. The van der Waals surface area contributed by atoms with Gasteiger partial charge in [-0.1, -0.05) is 46.9 Å². The first-order valence-electron chi connectivity index (χ1n) is 7.58. The van der Waals surface area contributed by atoms with Crippen LogP contribution < -0.4 is 9.47 Å². The predicted molar refractivity (Wildman–Crippen MR) is 101 cm³/mol. The van der Waals surface area contributed by atoms with Crippen LogP contribution in [-0.2, 0) is 11.3 Å². The van der Waals surface area contributed by atoms with Crippen LogP contribution in [0.1, 0.15) is 31.9 Å². The number of halogens is 3. The second-order valence-corrected chi connectivity index (χ2v) is 6.58. The minimum Gasteiger partial charge on any atom is -0.489 e. The molecule has 0 unspecified atom stereocenters. The summed E-state index contributed by atoms with van der Waals surface area (Å²) in [5.41, 5.74) is 2.68. The van der Waals surface area contributed by atoms with Gasteiger partial charge >= 0.3 is 0 Å². The number of aryl methyl sites for hydroxylation is 1. The van der Waals surface area contributed by atoms with Crippen LogP contribution in [0.4, 0.5) is 0 Å². The fourth-order valence-corrected chi connectivity index (χ4v) is 2.44. The van der Waals surface area contributed by atoms with Crippen molar-refractivity contribution in [2.45, 2.75) is 34.1 Å². The Kier molecular flexibility index (Phi) is 9.34. The Morgan fingerprint density at radius 2 is 1.92 bits per heavy atom. The first kappa shape index (κ1) is 20.9. The number of ether oxygens (including phenoxy) is 2. The van der Waals surface area contributed by atoms with Gasteiger partial charge in [-0.15, -0.1) is 0 Å². The molecule has 134 valence electrons. The van der Waals surface area contributed by atoms with Gasteiger partial charge in [0.05, 0.1) is 10.7 Å². The van der Waals surface area contributed by atoms with Gasteiger partial charge in [0.2, 0.25) is 0 Å². The van der Waals surface area contributed by atoms with E-state index in [0.29, 0.717) is 30.4 Å². The van der Waals surface area contributed by atoms with E-state index in [0.717, 1.165) is 22.6 Å². The lowest BCUT2D eigenvalue weighted by Crippen LogP contribution is -2.08. The first-order chi connectivity index (χ1) is 11.4. The van der Waals surface area contributed by atoms with E-state index in [4.69, 9.17) is 49.1 Å². The van der Waals surface area contributed by atoms with Crippen LogP contribution in [0.15, 0.2) is 21.8 Å². The number of hydrogen-bond acceptors (Lipinski definition) is 4. The molecule has 1 aromatic rings. The summed E-state index contributed by atoms with van der Waals surface area (Å²) in [4.78, 5) is 5.13. The summed E-state index contributed by atoms with van der Waals surface area (Å²) in [5.74, 6) is 1.33. The molecule has 0 aliphatic rings. The first-order valence-corrected chi connectivity index (χ1v) is 8.72. The van der Waals surface area contributed by atoms with Crippen LogP contribution in [0, 0.1) is 6.92 Å². The molecule has 7 heteroatoms. The lowest BCUT2D eigenvalue weighted by Gasteiger charge is -2.17. The van der Waals surface area contributed by atoms with Gasteiger partial charge in [-0.2, -0.15) is 0 Å². The van der Waals surface area contributed by atoms with E-state index >= 15 is 0 Å². The molecule has 0 spiro atoms. The number of hydrogen-bond donors (Lipinski definition) is 0. The third-order valence-electron chi connectivity index (χ3n) is 2.96. The number of oxime groups is 1. The van der Waals surface area contributed by atoms with E-state index < -0.39 is 0 Å². The van der Waals surface area contributed by atoms with Crippen molar-refractivity contribution in [2.24, 2.45) is 5.16 Å². The Balaban J connectivity index is 2.84. The molecule has 0 aliphatic heterocycles. The van der Waals surface area contributed by atoms with E-state index in [2.05, 4.69) is 5.16 Å². The summed E-state index contributed by atoms with van der Waals surface area (Å²) in [6.45, 7) is 8.67. The van der Waals surface area contributed by atoms with Crippen molar-refractivity contribution >= 4 is 40.5 Å². The normalized spacial score (nSPS) is 10.1. The highest BCUT2D eigenvalue weighted by molar-refractivity contribution is 6.55. The Morgan fingerprint density at radius 3 is 2.50 bits per heavy atom. The molecular formula is C17H22Cl3NO3. The molecule has 0 saturated carbocycles. The fraction of sp³-hybridized carbons (Fsp3) is 0.471. The summed E-state index contributed by atoms with van der Waals surface area (Å²) in [5, 5.41) is 4.39. The van der Waals surface area contributed by atoms with Gasteiger partial charge in [0.1, 0.15) is 29.2 Å². The molecule has 24 heavy (non-hydrogen) atoms. The largest absolute Gasteiger partial charge is 0.489 e. The Morgan fingerprint density at radius 1 is 1.21 bits per heavy atom. The smallest absolute Gasteiger partial charge is 0.151 e. The second kappa shape index (κ2) is 10.7. The quantitative estimate of drug-likeness (QED) is 0.306. The van der Waals surface area contributed by atoms with Gasteiger partial charge < -0.3 is 14.3 Å². The van der Waals surface area contributed by atoms with Gasteiger partial charge in [0.25, 0.3) is 0 Å². The molecule has 0 saturated heterocycles. The molecule has 1 rings (SSSR count). The zero-order chi connectivity index (χ0) is 18.1. The Labute approximate surface area is 158 Å². The number of nitrogens with zero attached hydrogens (tertiary/aromatic N) is 1. The van der Waals surface area contributed by atoms with Crippen molar-refractivity contribution in [3.63, 3.8) is 0 Å². The predicted octanol–water partition coefficient (Wildman–Crippen LogP) is 5.70. The zero-order valence-corrected chi connectivity index (χ0v) is 16.6. The minimum absolute atomic E-state index is 0.156. The van der Waals surface area contributed by atoms with Crippen molar-refractivity contribution in [1.82, 2.24) is 0 Å². The topological polar surface area (TPSA) is 40.0 Å². The third kappa shape index (κ3) is 6.80. The maximum Gasteiger partial charge on any atom is 0.151 e. The second-order valence-electron chi connectivity index (χ2n) is 5.19. The highest BCUT2D eigenvalue weighted by Crippen LogP contribution is 2.38. The summed E-state index contributed by atoms with van der Waals surface area (Å²) in [6, 6.07) is 1.84. The molecule has 1 aromatic carbocycles. The Bertz CT molecular complexity index is 608. The third-order valence-corrected chi connectivity index (χ3v) is 3.68. The van der Waals surface area contributed by atoms with Crippen molar-refractivity contribution in [3.05, 3.63) is 32.8 Å². The molecule has 0 aliphatic carbocycles. The average molecular weight is 395 g/mol. The lowest BCUT2D eigenvalue weighted by molar-refractivity contribution is 0.106. The minimum atomic E-state index is 0.156. The molecular weight excluding hydrogens is 373 g/mol. The maximum absolute atomic E-state index is 6.44. The van der Waals surface area contributed by atoms with E-state index in [-0.39, 0.29) is 11.1 Å². The SMILES string of the molecule is CCc1c(Cl)c(OCC=C(Cl)Cl)cc(C)c1OCCON=C(C)C. The van der Waals surface area contributed by atoms with E-state index in [9.17, 15) is 0 Å². The van der Waals surface area contributed by atoms with Gasteiger partial charge in [0, 0.05) is 5.56 Å². The van der Waals surface area contributed by atoms with Gasteiger partial charge in [-0.25, -0.2) is 0 Å². The summed E-state index contributed by atoms with van der Waals surface area (Å²) < 4.78 is 11.6. The van der Waals surface area contributed by atoms with Gasteiger partial charge in [-0.3, -0.25) is 0 Å². The monoisotopic (exact) mass is 393 g/mol. The van der Waals surface area contributed by atoms with Crippen molar-refractivity contribution in [1.29, 1.82) is 0 Å². The molecule has 0 heterocycles. The summed E-state index contributed by atoms with van der Waals surface area (Å²) >= 11 is 17.6. The van der Waals surface area contributed by atoms with Crippen molar-refractivity contribution in [3.8, 4) is 11.5 Å². The molecule has 0 atom stereocenters. The van der Waals surface area contributed by atoms with E-state index in [1.54, 1.807) is 6.08 Å². The molecule has 0 N–H and O–H groups in total. The number of rotatable bonds is 9. The standard InChI is InChI=1S/C17H22Cl3NO3/c1-5-13-16(20)14(22-7-6-15(18)19)10-12(4)17(13)23-8-9-24-21-11(2)3/h6,10H,5,7-9H2,1-4H3. The van der Waals surface area contributed by atoms with Crippen LogP contribution in [0.2, 0.25) is 5.02 Å². The highest BCUT2D eigenvalue weighted by Gasteiger charge is 2.16. The van der Waals surface area contributed by atoms with Crippen molar-refractivity contribution in [2.75, 3.05) is 19.8 Å². The molecule has 0 aromatic heterocycles. The molecule has 4 nitrogen and oxygen atoms in total. The van der Waals surface area contributed by atoms with E-state index in [1.165, 1.54) is 0 Å². The zero-order valence-electron chi connectivity index (χ0n) is 14.3. The number of benzene rings is 1. The van der Waals surface area contributed by atoms with Crippen LogP contribution >= 0.6 is 34.8 Å². The van der Waals surface area contributed by atoms with Gasteiger partial charge in [0.15, 0.2) is 6.61 Å². The van der Waals surface area contributed by atoms with Crippen LogP contribution in [0.25, 0.3) is 0 Å². The maximum atomic E-state index is 6.44. The van der Waals surface area contributed by atoms with Gasteiger partial charge in [-0.05, 0) is 44.9 Å². The van der Waals surface area contributed by atoms with Crippen LogP contribution in [0.3, 0.4) is 0 Å².